The molecule has 0 amide bonds. The summed E-state index contributed by atoms with van der Waals surface area (Å²) in [5.74, 6) is 2.26. The van der Waals surface area contributed by atoms with Crippen LogP contribution in [0.4, 0.5) is 0 Å². The van der Waals surface area contributed by atoms with Gasteiger partial charge in [-0.2, -0.15) is 0 Å². The molecule has 0 nitrogen and oxygen atoms in total. The molecule has 0 unspecified atom stereocenters. The fraction of sp³-hybridized carbons (Fsp3) is 1.00. The molecule has 15 heavy (non-hydrogen) atoms. The third-order valence-electron chi connectivity index (χ3n) is 4.67. The lowest BCUT2D eigenvalue weighted by Crippen LogP contribution is -2.10. The summed E-state index contributed by atoms with van der Waals surface area (Å²) in [5, 5.41) is 0. The van der Waals surface area contributed by atoms with Crippen LogP contribution in [0.1, 0.15) is 83.5 Å². The zero-order valence-corrected chi connectivity index (χ0v) is 10.3. The Morgan fingerprint density at radius 1 is 0.533 bits per heavy atom. The lowest BCUT2D eigenvalue weighted by Gasteiger charge is -2.25. The van der Waals surface area contributed by atoms with Crippen molar-refractivity contribution in [1.29, 1.82) is 0 Å². The van der Waals surface area contributed by atoms with Gasteiger partial charge in [0.15, 0.2) is 0 Å². The van der Waals surface area contributed by atoms with Crippen molar-refractivity contribution in [2.45, 2.75) is 83.5 Å². The van der Waals surface area contributed by atoms with Gasteiger partial charge in [0.2, 0.25) is 0 Å². The van der Waals surface area contributed by atoms with E-state index in [0.29, 0.717) is 0 Å². The minimum absolute atomic E-state index is 1.12. The third kappa shape index (κ3) is 4.17. The molecule has 0 aromatic carbocycles. The molecule has 2 fully saturated rings. The predicted molar refractivity (Wildman–Crippen MR) is 67.0 cm³/mol. The Morgan fingerprint density at radius 2 is 1.00 bits per heavy atom. The minimum atomic E-state index is 1.12. The van der Waals surface area contributed by atoms with Gasteiger partial charge in [-0.25, -0.2) is 0 Å². The monoisotopic (exact) mass is 208 g/mol. The van der Waals surface area contributed by atoms with Crippen molar-refractivity contribution in [3.8, 4) is 0 Å². The van der Waals surface area contributed by atoms with Gasteiger partial charge >= 0.3 is 0 Å². The third-order valence-corrected chi connectivity index (χ3v) is 4.67. The van der Waals surface area contributed by atoms with E-state index in [4.69, 9.17) is 0 Å². The standard InChI is InChI=1S/C15H28/c1(2-4-9-15-12-7-13-15)3-8-14-10-5-6-11-14/h14-15H,1-13H2. The van der Waals surface area contributed by atoms with Crippen LogP contribution >= 0.6 is 0 Å². The first-order valence-electron chi connectivity index (χ1n) is 7.45. The summed E-state index contributed by atoms with van der Waals surface area (Å²) in [6.07, 6.45) is 19.9. The first-order chi connectivity index (χ1) is 7.45. The number of unbranched alkanes of at least 4 members (excludes halogenated alkanes) is 3. The van der Waals surface area contributed by atoms with Crippen molar-refractivity contribution in [2.24, 2.45) is 11.8 Å². The van der Waals surface area contributed by atoms with Crippen LogP contribution in [-0.4, -0.2) is 0 Å². The Hall–Kier alpha value is 0. The van der Waals surface area contributed by atoms with Crippen molar-refractivity contribution < 1.29 is 0 Å². The second-order valence-electron chi connectivity index (χ2n) is 5.94. The average Bonchev–Trinajstić information content (AvgIpc) is 2.66. The van der Waals surface area contributed by atoms with E-state index in [9.17, 15) is 0 Å². The summed E-state index contributed by atoms with van der Waals surface area (Å²) >= 11 is 0. The predicted octanol–water partition coefficient (Wildman–Crippen LogP) is 5.32. The van der Waals surface area contributed by atoms with Gasteiger partial charge in [0.05, 0.1) is 0 Å². The summed E-state index contributed by atoms with van der Waals surface area (Å²) in [7, 11) is 0. The molecule has 0 radical (unpaired) electrons. The Morgan fingerprint density at radius 3 is 1.40 bits per heavy atom. The molecular weight excluding hydrogens is 180 g/mol. The van der Waals surface area contributed by atoms with E-state index in [1.165, 1.54) is 44.9 Å². The number of hydrogen-bond acceptors (Lipinski definition) is 0. The van der Waals surface area contributed by atoms with E-state index >= 15 is 0 Å². The molecule has 0 N–H and O–H groups in total. The zero-order chi connectivity index (χ0) is 10.3. The Labute approximate surface area is 95.8 Å². The van der Waals surface area contributed by atoms with Gasteiger partial charge in [0.1, 0.15) is 0 Å². The highest BCUT2D eigenvalue weighted by molar-refractivity contribution is 4.69. The second kappa shape index (κ2) is 6.55. The summed E-state index contributed by atoms with van der Waals surface area (Å²) < 4.78 is 0. The topological polar surface area (TPSA) is 0 Å². The Bertz CT molecular complexity index is 151. The van der Waals surface area contributed by atoms with Crippen molar-refractivity contribution in [1.82, 2.24) is 0 Å². The van der Waals surface area contributed by atoms with E-state index in [0.717, 1.165) is 11.8 Å². The largest absolute Gasteiger partial charge is 0.0533 e. The van der Waals surface area contributed by atoms with E-state index in [1.54, 1.807) is 38.5 Å². The maximum atomic E-state index is 1.55. The van der Waals surface area contributed by atoms with E-state index in [2.05, 4.69) is 0 Å². The lowest BCUT2D eigenvalue weighted by molar-refractivity contribution is 0.285. The Kier molecular flexibility index (Phi) is 5.02. The van der Waals surface area contributed by atoms with Crippen molar-refractivity contribution in [3.63, 3.8) is 0 Å². The molecule has 0 saturated heterocycles. The molecule has 0 aliphatic heterocycles. The van der Waals surface area contributed by atoms with Gasteiger partial charge < -0.3 is 0 Å². The highest BCUT2D eigenvalue weighted by atomic mass is 14.2. The molecule has 0 heteroatoms. The maximum absolute atomic E-state index is 1.55. The molecule has 0 heterocycles. The number of rotatable bonds is 7. The number of hydrogen-bond donors (Lipinski definition) is 0. The molecule has 2 aliphatic carbocycles. The normalized spacial score (nSPS) is 23.2. The lowest BCUT2D eigenvalue weighted by atomic mass is 9.81. The van der Waals surface area contributed by atoms with E-state index in [-0.39, 0.29) is 0 Å². The van der Waals surface area contributed by atoms with Crippen molar-refractivity contribution in [2.75, 3.05) is 0 Å². The van der Waals surface area contributed by atoms with Crippen LogP contribution in [0, 0.1) is 11.8 Å². The van der Waals surface area contributed by atoms with Crippen molar-refractivity contribution in [3.05, 3.63) is 0 Å². The molecule has 0 spiro atoms. The van der Waals surface area contributed by atoms with Crippen LogP contribution in [0.5, 0.6) is 0 Å². The SMILES string of the molecule is C(CCCC1CCC1)CCC1CCCC1. The minimum Gasteiger partial charge on any atom is -0.0533 e. The second-order valence-corrected chi connectivity index (χ2v) is 5.94. The van der Waals surface area contributed by atoms with Crippen LogP contribution in [0.3, 0.4) is 0 Å². The highest BCUT2D eigenvalue weighted by Crippen LogP contribution is 2.32. The van der Waals surface area contributed by atoms with Gasteiger partial charge in [0.25, 0.3) is 0 Å². The highest BCUT2D eigenvalue weighted by Gasteiger charge is 2.16. The molecule has 88 valence electrons. The quantitative estimate of drug-likeness (QED) is 0.497. The summed E-state index contributed by atoms with van der Waals surface area (Å²) in [6, 6.07) is 0. The van der Waals surface area contributed by atoms with Gasteiger partial charge in [-0.3, -0.25) is 0 Å². The van der Waals surface area contributed by atoms with Crippen LogP contribution in [0.15, 0.2) is 0 Å². The first-order valence-corrected chi connectivity index (χ1v) is 7.45. The molecule has 0 atom stereocenters. The summed E-state index contributed by atoms with van der Waals surface area (Å²) in [6.45, 7) is 0. The molecule has 0 aromatic heterocycles. The summed E-state index contributed by atoms with van der Waals surface area (Å²) in [4.78, 5) is 0. The smallest absolute Gasteiger partial charge is 0.0414 e. The molecular formula is C15H28. The van der Waals surface area contributed by atoms with Gasteiger partial charge in [-0.1, -0.05) is 83.5 Å². The zero-order valence-electron chi connectivity index (χ0n) is 10.3. The maximum Gasteiger partial charge on any atom is -0.0414 e. The molecule has 2 aliphatic rings. The van der Waals surface area contributed by atoms with Gasteiger partial charge in [-0.15, -0.1) is 0 Å². The van der Waals surface area contributed by atoms with E-state index < -0.39 is 0 Å². The van der Waals surface area contributed by atoms with Crippen LogP contribution in [-0.2, 0) is 0 Å². The molecule has 0 bridgehead atoms. The van der Waals surface area contributed by atoms with E-state index in [1.807, 2.05) is 0 Å². The molecule has 0 aromatic rings. The fourth-order valence-corrected chi connectivity index (χ4v) is 3.30. The van der Waals surface area contributed by atoms with Crippen molar-refractivity contribution >= 4 is 0 Å². The van der Waals surface area contributed by atoms with Crippen LogP contribution in [0.25, 0.3) is 0 Å². The molecule has 2 rings (SSSR count). The van der Waals surface area contributed by atoms with Gasteiger partial charge in [0, 0.05) is 0 Å². The average molecular weight is 208 g/mol. The fourth-order valence-electron chi connectivity index (χ4n) is 3.30. The van der Waals surface area contributed by atoms with Gasteiger partial charge in [-0.05, 0) is 11.8 Å². The first kappa shape index (κ1) is 11.5. The Balaban J connectivity index is 1.35. The molecule has 2 saturated carbocycles. The summed E-state index contributed by atoms with van der Waals surface area (Å²) in [5.41, 5.74) is 0. The van der Waals surface area contributed by atoms with Crippen LogP contribution in [0.2, 0.25) is 0 Å². The van der Waals surface area contributed by atoms with Crippen LogP contribution < -0.4 is 0 Å².